The van der Waals surface area contributed by atoms with Crippen LogP contribution >= 0.6 is 24.8 Å². The molecule has 4 nitrogen and oxygen atoms in total. The summed E-state index contributed by atoms with van der Waals surface area (Å²) in [6, 6.07) is 18.8. The fourth-order valence-corrected chi connectivity index (χ4v) is 3.46. The van der Waals surface area contributed by atoms with Gasteiger partial charge >= 0.3 is 0 Å². The van der Waals surface area contributed by atoms with Gasteiger partial charge in [0, 0.05) is 39.3 Å². The minimum atomic E-state index is -0.463. The van der Waals surface area contributed by atoms with Crippen molar-refractivity contribution in [3.8, 4) is 5.75 Å². The number of hydrogen-bond donors (Lipinski definition) is 1. The first-order valence-corrected chi connectivity index (χ1v) is 9.99. The largest absolute Gasteiger partial charge is 0.491 e. The molecular weight excluding hydrogens is 407 g/mol. The van der Waals surface area contributed by atoms with E-state index in [4.69, 9.17) is 4.74 Å². The molecule has 1 atom stereocenters. The van der Waals surface area contributed by atoms with E-state index in [1.54, 1.807) is 0 Å². The van der Waals surface area contributed by atoms with Crippen LogP contribution in [0.15, 0.2) is 54.6 Å². The Hall–Kier alpha value is -1.30. The standard InChI is InChI=1S/C23H32N2O2.2ClH/c1-19(2)21-8-10-23(11-9-21)27-18-22(26)17-25-14-12-24(13-15-25)16-20-6-4-3-5-7-20;;/h3-11,19,22,26H,12-18H2,1-2H3;2*1H. The second-order valence-corrected chi connectivity index (χ2v) is 7.75. The molecule has 0 saturated carbocycles. The lowest BCUT2D eigenvalue weighted by atomic mass is 10.0. The van der Waals surface area contributed by atoms with Crippen molar-refractivity contribution in [2.24, 2.45) is 0 Å². The van der Waals surface area contributed by atoms with E-state index in [0.29, 0.717) is 19.1 Å². The molecule has 2 aromatic carbocycles. The molecule has 162 valence electrons. The summed E-state index contributed by atoms with van der Waals surface area (Å²) in [5.41, 5.74) is 2.67. The molecule has 0 spiro atoms. The number of β-amino-alcohol motifs (C(OH)–C–C–N with tert-alkyl or cyclic N) is 1. The number of hydrogen-bond acceptors (Lipinski definition) is 4. The normalized spacial score (nSPS) is 16.0. The molecule has 0 bridgehead atoms. The van der Waals surface area contributed by atoms with Crippen LogP contribution < -0.4 is 4.74 Å². The first-order chi connectivity index (χ1) is 13.1. The zero-order valence-electron chi connectivity index (χ0n) is 17.4. The third-order valence-electron chi connectivity index (χ3n) is 5.17. The Morgan fingerprint density at radius 1 is 0.862 bits per heavy atom. The summed E-state index contributed by atoms with van der Waals surface area (Å²) in [6.07, 6.45) is -0.463. The summed E-state index contributed by atoms with van der Waals surface area (Å²) in [6.45, 7) is 10.4. The highest BCUT2D eigenvalue weighted by atomic mass is 35.5. The Labute approximate surface area is 187 Å². The van der Waals surface area contributed by atoms with E-state index in [9.17, 15) is 5.11 Å². The lowest BCUT2D eigenvalue weighted by Crippen LogP contribution is -2.48. The van der Waals surface area contributed by atoms with Gasteiger partial charge in [-0.2, -0.15) is 0 Å². The van der Waals surface area contributed by atoms with Gasteiger partial charge in [0.15, 0.2) is 0 Å². The molecule has 1 N–H and O–H groups in total. The third kappa shape index (κ3) is 8.53. The van der Waals surface area contributed by atoms with E-state index in [2.05, 4.69) is 66.1 Å². The number of nitrogens with zero attached hydrogens (tertiary/aromatic N) is 2. The average molecular weight is 441 g/mol. The van der Waals surface area contributed by atoms with Crippen LogP contribution in [0.2, 0.25) is 0 Å². The van der Waals surface area contributed by atoms with Crippen LogP contribution in [-0.2, 0) is 6.54 Å². The smallest absolute Gasteiger partial charge is 0.119 e. The van der Waals surface area contributed by atoms with Gasteiger partial charge in [-0.3, -0.25) is 9.80 Å². The fraction of sp³-hybridized carbons (Fsp3) is 0.478. The maximum absolute atomic E-state index is 10.3. The third-order valence-corrected chi connectivity index (χ3v) is 5.17. The van der Waals surface area contributed by atoms with Crippen LogP contribution in [0.4, 0.5) is 0 Å². The number of halogens is 2. The number of aliphatic hydroxyl groups excluding tert-OH is 1. The average Bonchev–Trinajstić information content (AvgIpc) is 2.69. The fourth-order valence-electron chi connectivity index (χ4n) is 3.46. The van der Waals surface area contributed by atoms with E-state index in [-0.39, 0.29) is 24.8 Å². The van der Waals surface area contributed by atoms with Crippen LogP contribution in [0.5, 0.6) is 5.75 Å². The highest BCUT2D eigenvalue weighted by molar-refractivity contribution is 5.85. The lowest BCUT2D eigenvalue weighted by molar-refractivity contribution is 0.0446. The van der Waals surface area contributed by atoms with Crippen molar-refractivity contribution >= 4 is 24.8 Å². The highest BCUT2D eigenvalue weighted by Gasteiger charge is 2.19. The number of rotatable bonds is 8. The first kappa shape index (κ1) is 25.7. The molecule has 0 radical (unpaired) electrons. The summed E-state index contributed by atoms with van der Waals surface area (Å²) >= 11 is 0. The molecule has 0 aromatic heterocycles. The highest BCUT2D eigenvalue weighted by Crippen LogP contribution is 2.18. The lowest BCUT2D eigenvalue weighted by Gasteiger charge is -2.35. The van der Waals surface area contributed by atoms with Crippen molar-refractivity contribution in [3.05, 3.63) is 65.7 Å². The van der Waals surface area contributed by atoms with E-state index >= 15 is 0 Å². The van der Waals surface area contributed by atoms with Gasteiger partial charge in [0.25, 0.3) is 0 Å². The summed E-state index contributed by atoms with van der Waals surface area (Å²) in [4.78, 5) is 4.81. The summed E-state index contributed by atoms with van der Waals surface area (Å²) in [5, 5.41) is 10.3. The monoisotopic (exact) mass is 440 g/mol. The Bertz CT molecular complexity index is 675. The zero-order valence-corrected chi connectivity index (χ0v) is 19.0. The van der Waals surface area contributed by atoms with Crippen LogP contribution in [0.3, 0.4) is 0 Å². The van der Waals surface area contributed by atoms with E-state index in [1.807, 2.05) is 12.1 Å². The first-order valence-electron chi connectivity index (χ1n) is 9.99. The Morgan fingerprint density at radius 2 is 1.45 bits per heavy atom. The van der Waals surface area contributed by atoms with Gasteiger partial charge in [0.2, 0.25) is 0 Å². The molecule has 1 saturated heterocycles. The van der Waals surface area contributed by atoms with Crippen molar-refractivity contribution in [3.63, 3.8) is 0 Å². The number of aliphatic hydroxyl groups is 1. The minimum Gasteiger partial charge on any atom is -0.491 e. The topological polar surface area (TPSA) is 35.9 Å². The zero-order chi connectivity index (χ0) is 19.1. The van der Waals surface area contributed by atoms with Gasteiger partial charge in [-0.1, -0.05) is 56.3 Å². The SMILES string of the molecule is CC(C)c1ccc(OCC(O)CN2CCN(Cc3ccccc3)CC2)cc1.Cl.Cl. The minimum absolute atomic E-state index is 0. The van der Waals surface area contributed by atoms with E-state index < -0.39 is 6.10 Å². The Morgan fingerprint density at radius 3 is 2.03 bits per heavy atom. The molecule has 1 fully saturated rings. The quantitative estimate of drug-likeness (QED) is 0.666. The maximum atomic E-state index is 10.3. The molecule has 1 aliphatic heterocycles. The molecule has 29 heavy (non-hydrogen) atoms. The predicted molar refractivity (Wildman–Crippen MR) is 125 cm³/mol. The van der Waals surface area contributed by atoms with E-state index in [1.165, 1.54) is 11.1 Å². The molecule has 2 aromatic rings. The molecule has 6 heteroatoms. The van der Waals surface area contributed by atoms with Gasteiger partial charge in [-0.05, 0) is 29.2 Å². The molecule has 1 heterocycles. The van der Waals surface area contributed by atoms with E-state index in [0.717, 1.165) is 38.5 Å². The van der Waals surface area contributed by atoms with Crippen molar-refractivity contribution in [2.75, 3.05) is 39.3 Å². The van der Waals surface area contributed by atoms with Crippen molar-refractivity contribution in [1.29, 1.82) is 0 Å². The van der Waals surface area contributed by atoms with Crippen LogP contribution in [0, 0.1) is 0 Å². The van der Waals surface area contributed by atoms with Gasteiger partial charge in [0.1, 0.15) is 18.5 Å². The molecular formula is C23H34Cl2N2O2. The van der Waals surface area contributed by atoms with Gasteiger partial charge in [-0.15, -0.1) is 24.8 Å². The second kappa shape index (κ2) is 13.1. The summed E-state index contributed by atoms with van der Waals surface area (Å²) < 4.78 is 5.76. The maximum Gasteiger partial charge on any atom is 0.119 e. The number of ether oxygens (including phenoxy) is 1. The molecule has 0 aliphatic carbocycles. The van der Waals surface area contributed by atoms with Gasteiger partial charge in [-0.25, -0.2) is 0 Å². The molecule has 1 aliphatic rings. The predicted octanol–water partition coefficient (Wildman–Crippen LogP) is 4.21. The van der Waals surface area contributed by atoms with Gasteiger partial charge in [0.05, 0.1) is 0 Å². The molecule has 1 unspecified atom stereocenters. The van der Waals surface area contributed by atoms with Crippen LogP contribution in [-0.4, -0.2) is 60.3 Å². The second-order valence-electron chi connectivity index (χ2n) is 7.75. The Kier molecular flexibility index (Phi) is 11.6. The summed E-state index contributed by atoms with van der Waals surface area (Å²) in [5.74, 6) is 1.34. The number of piperazine rings is 1. The Balaban J connectivity index is 0.00000210. The van der Waals surface area contributed by atoms with Crippen LogP contribution in [0.1, 0.15) is 30.9 Å². The van der Waals surface area contributed by atoms with Crippen molar-refractivity contribution in [2.45, 2.75) is 32.4 Å². The molecule has 0 amide bonds. The number of benzene rings is 2. The van der Waals surface area contributed by atoms with Crippen molar-refractivity contribution in [1.82, 2.24) is 9.80 Å². The summed E-state index contributed by atoms with van der Waals surface area (Å²) in [7, 11) is 0. The van der Waals surface area contributed by atoms with Crippen LogP contribution in [0.25, 0.3) is 0 Å². The van der Waals surface area contributed by atoms with Gasteiger partial charge < -0.3 is 9.84 Å². The molecule has 3 rings (SSSR count). The van der Waals surface area contributed by atoms with Crippen molar-refractivity contribution < 1.29 is 9.84 Å².